The van der Waals surface area contributed by atoms with E-state index in [9.17, 15) is 14.9 Å². The maximum atomic E-state index is 11.8. The first kappa shape index (κ1) is 15.4. The third-order valence-electron chi connectivity index (χ3n) is 2.99. The zero-order chi connectivity index (χ0) is 14.3. The van der Waals surface area contributed by atoms with Crippen molar-refractivity contribution in [3.05, 3.63) is 39.9 Å². The van der Waals surface area contributed by atoms with Crippen LogP contribution < -0.4 is 5.32 Å². The highest BCUT2D eigenvalue weighted by Crippen LogP contribution is 2.12. The average Bonchev–Trinajstić information content (AvgIpc) is 2.43. The molecule has 0 bridgehead atoms. The maximum Gasteiger partial charge on any atom is 0.269 e. The lowest BCUT2D eigenvalue weighted by atomic mass is 10.0. The van der Waals surface area contributed by atoms with Crippen LogP contribution in [0.4, 0.5) is 5.69 Å². The molecule has 0 aliphatic carbocycles. The van der Waals surface area contributed by atoms with Crippen LogP contribution in [0.1, 0.15) is 30.1 Å². The quantitative estimate of drug-likeness (QED) is 0.475. The van der Waals surface area contributed by atoms with Crippen molar-refractivity contribution in [2.75, 3.05) is 12.4 Å². The van der Waals surface area contributed by atoms with Crippen LogP contribution in [0.2, 0.25) is 0 Å². The summed E-state index contributed by atoms with van der Waals surface area (Å²) < 4.78 is 0. The molecule has 19 heavy (non-hydrogen) atoms. The molecule has 1 N–H and O–H groups in total. The van der Waals surface area contributed by atoms with Crippen molar-refractivity contribution < 1.29 is 9.72 Å². The van der Waals surface area contributed by atoms with Crippen molar-refractivity contribution in [2.24, 2.45) is 5.92 Å². The number of halogens is 1. The predicted molar refractivity (Wildman–Crippen MR) is 74.5 cm³/mol. The Balaban J connectivity index is 2.55. The van der Waals surface area contributed by atoms with Gasteiger partial charge in [0, 0.05) is 30.1 Å². The molecule has 5 nitrogen and oxygen atoms in total. The molecule has 0 saturated heterocycles. The van der Waals surface area contributed by atoms with Gasteiger partial charge in [-0.3, -0.25) is 14.9 Å². The molecular weight excluding hydrogens is 268 g/mol. The molecule has 0 heterocycles. The zero-order valence-corrected chi connectivity index (χ0v) is 11.5. The van der Waals surface area contributed by atoms with Crippen LogP contribution in [0.5, 0.6) is 0 Å². The second kappa shape index (κ2) is 7.74. The van der Waals surface area contributed by atoms with Crippen molar-refractivity contribution in [3.63, 3.8) is 0 Å². The Kier molecular flexibility index (Phi) is 6.29. The van der Waals surface area contributed by atoms with Gasteiger partial charge in [0.25, 0.3) is 11.6 Å². The second-order valence-electron chi connectivity index (χ2n) is 4.27. The van der Waals surface area contributed by atoms with Crippen LogP contribution in [-0.4, -0.2) is 23.3 Å². The molecule has 0 spiro atoms. The summed E-state index contributed by atoms with van der Waals surface area (Å²) in [5, 5.41) is 13.3. The number of nitro benzene ring substituents is 1. The molecule has 0 fully saturated rings. The summed E-state index contributed by atoms with van der Waals surface area (Å²) in [6.07, 6.45) is 1.81. The number of carbonyl (C=O) groups excluding carboxylic acids is 1. The summed E-state index contributed by atoms with van der Waals surface area (Å²) in [5.74, 6) is 0.716. The van der Waals surface area contributed by atoms with Crippen LogP contribution in [0.25, 0.3) is 0 Å². The van der Waals surface area contributed by atoms with Gasteiger partial charge in [0.2, 0.25) is 0 Å². The van der Waals surface area contributed by atoms with Gasteiger partial charge in [-0.05, 0) is 24.5 Å². The molecule has 0 radical (unpaired) electrons. The number of amides is 1. The van der Waals surface area contributed by atoms with Crippen LogP contribution in [-0.2, 0) is 0 Å². The molecule has 0 aromatic heterocycles. The number of non-ortho nitro benzene ring substituents is 1. The fraction of sp³-hybridized carbons (Fsp3) is 0.462. The molecule has 1 aromatic rings. The third-order valence-corrected chi connectivity index (χ3v) is 3.20. The molecular formula is C13H17ClN2O3. The number of rotatable bonds is 7. The Hall–Kier alpha value is -1.62. The minimum atomic E-state index is -0.491. The van der Waals surface area contributed by atoms with E-state index in [0.29, 0.717) is 23.9 Å². The van der Waals surface area contributed by atoms with Gasteiger partial charge < -0.3 is 5.32 Å². The van der Waals surface area contributed by atoms with E-state index >= 15 is 0 Å². The summed E-state index contributed by atoms with van der Waals surface area (Å²) in [4.78, 5) is 21.8. The van der Waals surface area contributed by atoms with Crippen molar-refractivity contribution in [2.45, 2.75) is 19.8 Å². The van der Waals surface area contributed by atoms with Gasteiger partial charge in [-0.15, -0.1) is 11.6 Å². The minimum Gasteiger partial charge on any atom is -0.352 e. The zero-order valence-electron chi connectivity index (χ0n) is 10.8. The van der Waals surface area contributed by atoms with E-state index in [1.54, 1.807) is 0 Å². The maximum absolute atomic E-state index is 11.8. The largest absolute Gasteiger partial charge is 0.352 e. The van der Waals surface area contributed by atoms with E-state index in [-0.39, 0.29) is 11.6 Å². The van der Waals surface area contributed by atoms with E-state index in [4.69, 9.17) is 11.6 Å². The second-order valence-corrected chi connectivity index (χ2v) is 4.64. The highest BCUT2D eigenvalue weighted by Gasteiger charge is 2.11. The number of carbonyl (C=O) groups is 1. The van der Waals surface area contributed by atoms with Crippen molar-refractivity contribution in [1.29, 1.82) is 0 Å². The number of nitrogens with zero attached hydrogens (tertiary/aromatic N) is 1. The summed E-state index contributed by atoms with van der Waals surface area (Å²) in [5.41, 5.74) is 0.399. The van der Waals surface area contributed by atoms with E-state index in [0.717, 1.165) is 12.8 Å². The standard InChI is InChI=1S/C13H17ClN2O3/c1-2-10(7-8-14)9-15-13(17)11-3-5-12(6-4-11)16(18)19/h3-6,10H,2,7-9H2,1H3,(H,15,17). The van der Waals surface area contributed by atoms with Gasteiger partial charge in [-0.1, -0.05) is 13.3 Å². The number of benzene rings is 1. The number of hydrogen-bond donors (Lipinski definition) is 1. The Morgan fingerprint density at radius 1 is 1.42 bits per heavy atom. The lowest BCUT2D eigenvalue weighted by Gasteiger charge is -2.14. The van der Waals surface area contributed by atoms with Gasteiger partial charge in [0.15, 0.2) is 0 Å². The Morgan fingerprint density at radius 2 is 2.05 bits per heavy atom. The summed E-state index contributed by atoms with van der Waals surface area (Å²) in [6.45, 7) is 2.62. The molecule has 1 rings (SSSR count). The van der Waals surface area contributed by atoms with Crippen molar-refractivity contribution in [3.8, 4) is 0 Å². The molecule has 1 atom stereocenters. The highest BCUT2D eigenvalue weighted by atomic mass is 35.5. The lowest BCUT2D eigenvalue weighted by molar-refractivity contribution is -0.384. The minimum absolute atomic E-state index is 0.0230. The van der Waals surface area contributed by atoms with Gasteiger partial charge in [-0.2, -0.15) is 0 Å². The Labute approximate surface area is 117 Å². The molecule has 0 aliphatic heterocycles. The first-order valence-electron chi connectivity index (χ1n) is 6.17. The van der Waals surface area contributed by atoms with Crippen LogP contribution >= 0.6 is 11.6 Å². The Bertz CT molecular complexity index is 434. The highest BCUT2D eigenvalue weighted by molar-refractivity contribution is 6.17. The lowest BCUT2D eigenvalue weighted by Crippen LogP contribution is -2.29. The van der Waals surface area contributed by atoms with E-state index in [1.807, 2.05) is 0 Å². The SMILES string of the molecule is CCC(CCCl)CNC(=O)c1ccc([N+](=O)[O-])cc1. The first-order chi connectivity index (χ1) is 9.08. The van der Waals surface area contributed by atoms with Gasteiger partial charge in [0.1, 0.15) is 0 Å². The van der Waals surface area contributed by atoms with Gasteiger partial charge in [0.05, 0.1) is 4.92 Å². The summed E-state index contributed by atoms with van der Waals surface area (Å²) in [7, 11) is 0. The van der Waals surface area contributed by atoms with E-state index in [2.05, 4.69) is 12.2 Å². The molecule has 1 amide bonds. The summed E-state index contributed by atoms with van der Waals surface area (Å²) >= 11 is 5.68. The molecule has 1 aromatic carbocycles. The van der Waals surface area contributed by atoms with E-state index < -0.39 is 4.92 Å². The number of nitrogens with one attached hydrogen (secondary N) is 1. The van der Waals surface area contributed by atoms with Crippen molar-refractivity contribution >= 4 is 23.2 Å². The number of alkyl halides is 1. The molecule has 0 aliphatic rings. The van der Waals surface area contributed by atoms with Crippen LogP contribution in [0.15, 0.2) is 24.3 Å². The van der Waals surface area contributed by atoms with Crippen LogP contribution in [0.3, 0.4) is 0 Å². The smallest absolute Gasteiger partial charge is 0.269 e. The van der Waals surface area contributed by atoms with E-state index in [1.165, 1.54) is 24.3 Å². The monoisotopic (exact) mass is 284 g/mol. The van der Waals surface area contributed by atoms with Crippen molar-refractivity contribution in [1.82, 2.24) is 5.32 Å². The molecule has 6 heteroatoms. The van der Waals surface area contributed by atoms with Gasteiger partial charge in [-0.25, -0.2) is 0 Å². The fourth-order valence-electron chi connectivity index (χ4n) is 1.68. The topological polar surface area (TPSA) is 72.2 Å². The number of nitro groups is 1. The Morgan fingerprint density at radius 3 is 2.53 bits per heavy atom. The first-order valence-corrected chi connectivity index (χ1v) is 6.70. The fourth-order valence-corrected chi connectivity index (χ4v) is 1.99. The van der Waals surface area contributed by atoms with Crippen LogP contribution in [0, 0.1) is 16.0 Å². The normalized spacial score (nSPS) is 11.9. The van der Waals surface area contributed by atoms with Gasteiger partial charge >= 0.3 is 0 Å². The molecule has 1 unspecified atom stereocenters. The average molecular weight is 285 g/mol. The number of hydrogen-bond acceptors (Lipinski definition) is 3. The molecule has 104 valence electrons. The predicted octanol–water partition coefficient (Wildman–Crippen LogP) is 2.98. The third kappa shape index (κ3) is 4.87. The summed E-state index contributed by atoms with van der Waals surface area (Å²) in [6, 6.07) is 5.56. The molecule has 0 saturated carbocycles.